The molecule has 0 aromatic heterocycles. The number of carbonyl (C=O) groups excluding carboxylic acids is 1. The normalized spacial score (nSPS) is 18.1. The average Bonchev–Trinajstić information content (AvgIpc) is 2.38. The molecule has 116 valence electrons. The smallest absolute Gasteiger partial charge is 0.406 e. The van der Waals surface area contributed by atoms with Crippen molar-refractivity contribution in [1.82, 2.24) is 10.6 Å². The van der Waals surface area contributed by atoms with Crippen molar-refractivity contribution in [2.45, 2.75) is 31.7 Å². The second-order valence-electron chi connectivity index (χ2n) is 5.09. The lowest BCUT2D eigenvalue weighted by Gasteiger charge is -2.38. The molecule has 0 saturated carbocycles. The van der Waals surface area contributed by atoms with Gasteiger partial charge in [0.1, 0.15) is 5.75 Å². The number of benzene rings is 1. The molecule has 4 nitrogen and oxygen atoms in total. The summed E-state index contributed by atoms with van der Waals surface area (Å²) in [5.74, 6) is -0.425. The van der Waals surface area contributed by atoms with Crippen LogP contribution in [-0.2, 0) is 10.3 Å². The Morgan fingerprint density at radius 3 is 2.29 bits per heavy atom. The highest BCUT2D eigenvalue weighted by Gasteiger charge is 2.35. The number of amides is 1. The quantitative estimate of drug-likeness (QED) is 0.901. The van der Waals surface area contributed by atoms with Crippen LogP contribution in [0.1, 0.15) is 25.3 Å². The van der Waals surface area contributed by atoms with Gasteiger partial charge in [0.15, 0.2) is 0 Å². The van der Waals surface area contributed by atoms with Crippen LogP contribution in [0.15, 0.2) is 24.3 Å². The summed E-state index contributed by atoms with van der Waals surface area (Å²) in [6, 6.07) is 5.69. The first-order valence-corrected chi connectivity index (χ1v) is 6.66. The van der Waals surface area contributed by atoms with Crippen LogP contribution >= 0.6 is 0 Å². The molecule has 0 bridgehead atoms. The van der Waals surface area contributed by atoms with Gasteiger partial charge in [-0.25, -0.2) is 0 Å². The second kappa shape index (κ2) is 5.93. The molecule has 1 heterocycles. The van der Waals surface area contributed by atoms with Crippen molar-refractivity contribution in [3.05, 3.63) is 29.8 Å². The number of nitrogens with one attached hydrogen (secondary N) is 2. The number of hydrogen-bond donors (Lipinski definition) is 2. The third kappa shape index (κ3) is 4.10. The lowest BCUT2D eigenvalue weighted by Crippen LogP contribution is -2.51. The maximum atomic E-state index is 12.2. The van der Waals surface area contributed by atoms with Crippen molar-refractivity contribution < 1.29 is 22.7 Å². The minimum atomic E-state index is -4.70. The van der Waals surface area contributed by atoms with E-state index in [9.17, 15) is 18.0 Å². The summed E-state index contributed by atoms with van der Waals surface area (Å²) >= 11 is 0. The molecule has 1 aromatic carbocycles. The zero-order chi connectivity index (χ0) is 15.5. The number of halogens is 3. The van der Waals surface area contributed by atoms with E-state index < -0.39 is 11.9 Å². The number of rotatable bonds is 3. The molecule has 1 saturated heterocycles. The Kier molecular flexibility index (Phi) is 4.41. The van der Waals surface area contributed by atoms with E-state index in [-0.39, 0.29) is 11.7 Å². The van der Waals surface area contributed by atoms with E-state index in [0.717, 1.165) is 18.7 Å². The first kappa shape index (κ1) is 15.6. The van der Waals surface area contributed by atoms with E-state index >= 15 is 0 Å². The molecular formula is C14H17F3N2O2. The van der Waals surface area contributed by atoms with Gasteiger partial charge in [-0.2, -0.15) is 0 Å². The Labute approximate surface area is 120 Å². The van der Waals surface area contributed by atoms with Crippen molar-refractivity contribution in [2.75, 3.05) is 13.1 Å². The fraction of sp³-hybridized carbons (Fsp3) is 0.500. The fourth-order valence-corrected chi connectivity index (χ4v) is 2.65. The molecular weight excluding hydrogens is 285 g/mol. The Morgan fingerprint density at radius 1 is 1.24 bits per heavy atom. The van der Waals surface area contributed by atoms with Crippen LogP contribution in [0, 0.1) is 0 Å². The Morgan fingerprint density at radius 2 is 1.81 bits per heavy atom. The van der Waals surface area contributed by atoms with Gasteiger partial charge in [-0.05, 0) is 43.6 Å². The van der Waals surface area contributed by atoms with E-state index in [0.29, 0.717) is 12.8 Å². The number of ether oxygens (including phenoxy) is 1. The topological polar surface area (TPSA) is 50.4 Å². The number of piperidine rings is 1. The van der Waals surface area contributed by atoms with Crippen molar-refractivity contribution in [3.63, 3.8) is 0 Å². The van der Waals surface area contributed by atoms with E-state index in [2.05, 4.69) is 15.4 Å². The fourth-order valence-electron chi connectivity index (χ4n) is 2.65. The van der Waals surface area contributed by atoms with Gasteiger partial charge in [0.2, 0.25) is 5.91 Å². The van der Waals surface area contributed by atoms with Gasteiger partial charge in [-0.3, -0.25) is 4.79 Å². The van der Waals surface area contributed by atoms with Crippen LogP contribution in [0.3, 0.4) is 0 Å². The lowest BCUT2D eigenvalue weighted by molar-refractivity contribution is -0.274. The summed E-state index contributed by atoms with van der Waals surface area (Å²) in [6.07, 6.45) is -3.33. The minimum absolute atomic E-state index is 0.160. The van der Waals surface area contributed by atoms with Gasteiger partial charge in [-0.15, -0.1) is 13.2 Å². The predicted octanol–water partition coefficient (Wildman–Crippen LogP) is 2.30. The summed E-state index contributed by atoms with van der Waals surface area (Å²) in [7, 11) is 0. The van der Waals surface area contributed by atoms with E-state index in [4.69, 9.17) is 0 Å². The molecule has 1 fully saturated rings. The summed E-state index contributed by atoms with van der Waals surface area (Å²) in [5, 5.41) is 6.14. The molecule has 7 heteroatoms. The standard InChI is InChI=1S/C14H17F3N2O2/c1-10(20)19-13(6-8-18-9-7-13)11-2-4-12(5-3-11)21-14(15,16)17/h2-5,18H,6-9H2,1H3,(H,19,20). The van der Waals surface area contributed by atoms with Gasteiger partial charge in [0.25, 0.3) is 0 Å². The molecule has 1 aromatic rings. The average molecular weight is 302 g/mol. The van der Waals surface area contributed by atoms with Crippen LogP contribution in [-0.4, -0.2) is 25.4 Å². The largest absolute Gasteiger partial charge is 0.573 e. The van der Waals surface area contributed by atoms with Crippen LogP contribution < -0.4 is 15.4 Å². The summed E-state index contributed by atoms with van der Waals surface area (Å²) in [5.41, 5.74) is 0.252. The van der Waals surface area contributed by atoms with E-state index in [1.807, 2.05) is 0 Å². The Bertz CT molecular complexity index is 494. The number of alkyl halides is 3. The highest BCUT2D eigenvalue weighted by atomic mass is 19.4. The molecule has 0 unspecified atom stereocenters. The van der Waals surface area contributed by atoms with Crippen LogP contribution in [0.5, 0.6) is 5.75 Å². The monoisotopic (exact) mass is 302 g/mol. The molecule has 0 radical (unpaired) electrons. The highest BCUT2D eigenvalue weighted by molar-refractivity contribution is 5.74. The third-order valence-electron chi connectivity index (χ3n) is 3.51. The SMILES string of the molecule is CC(=O)NC1(c2ccc(OC(F)(F)F)cc2)CCNCC1. The first-order valence-electron chi connectivity index (χ1n) is 6.66. The van der Waals surface area contributed by atoms with Crippen molar-refractivity contribution >= 4 is 5.91 Å². The maximum absolute atomic E-state index is 12.2. The summed E-state index contributed by atoms with van der Waals surface area (Å²) in [6.45, 7) is 2.91. The molecule has 0 aliphatic carbocycles. The lowest BCUT2D eigenvalue weighted by atomic mass is 9.81. The minimum Gasteiger partial charge on any atom is -0.406 e. The molecule has 21 heavy (non-hydrogen) atoms. The molecule has 1 aliphatic rings. The molecule has 0 spiro atoms. The van der Waals surface area contributed by atoms with Gasteiger partial charge in [-0.1, -0.05) is 12.1 Å². The van der Waals surface area contributed by atoms with Gasteiger partial charge < -0.3 is 15.4 Å². The van der Waals surface area contributed by atoms with E-state index in [1.165, 1.54) is 19.1 Å². The maximum Gasteiger partial charge on any atom is 0.573 e. The van der Waals surface area contributed by atoms with Crippen LogP contribution in [0.4, 0.5) is 13.2 Å². The summed E-state index contributed by atoms with van der Waals surface area (Å²) < 4.78 is 40.3. The van der Waals surface area contributed by atoms with Gasteiger partial charge >= 0.3 is 6.36 Å². The van der Waals surface area contributed by atoms with Crippen LogP contribution in [0.25, 0.3) is 0 Å². The third-order valence-corrected chi connectivity index (χ3v) is 3.51. The predicted molar refractivity (Wildman–Crippen MR) is 70.7 cm³/mol. The molecule has 0 atom stereocenters. The molecule has 2 rings (SSSR count). The van der Waals surface area contributed by atoms with Crippen LogP contribution in [0.2, 0.25) is 0 Å². The van der Waals surface area contributed by atoms with Gasteiger partial charge in [0, 0.05) is 6.92 Å². The summed E-state index contributed by atoms with van der Waals surface area (Å²) in [4.78, 5) is 11.4. The second-order valence-corrected chi connectivity index (χ2v) is 5.09. The van der Waals surface area contributed by atoms with Crippen molar-refractivity contribution in [3.8, 4) is 5.75 Å². The molecule has 1 amide bonds. The van der Waals surface area contributed by atoms with Crippen molar-refractivity contribution in [2.24, 2.45) is 0 Å². The number of carbonyl (C=O) groups is 1. The number of hydrogen-bond acceptors (Lipinski definition) is 3. The molecule has 1 aliphatic heterocycles. The zero-order valence-electron chi connectivity index (χ0n) is 11.6. The van der Waals surface area contributed by atoms with Gasteiger partial charge in [0.05, 0.1) is 5.54 Å². The molecule has 2 N–H and O–H groups in total. The van der Waals surface area contributed by atoms with Crippen molar-refractivity contribution in [1.29, 1.82) is 0 Å². The Hall–Kier alpha value is -1.76. The van der Waals surface area contributed by atoms with E-state index in [1.54, 1.807) is 12.1 Å². The highest BCUT2D eigenvalue weighted by Crippen LogP contribution is 2.32. The Balaban J connectivity index is 2.22. The first-order chi connectivity index (χ1) is 9.81. The zero-order valence-corrected chi connectivity index (χ0v) is 11.6.